The normalized spacial score (nSPS) is 26.9. The maximum absolute atomic E-state index is 12.2. The van der Waals surface area contributed by atoms with Gasteiger partial charge in [0, 0.05) is 13.1 Å². The second-order valence-electron chi connectivity index (χ2n) is 7.61. The molecule has 3 nitrogen and oxygen atoms in total. The minimum Gasteiger partial charge on any atom is -0.378 e. The fourth-order valence-corrected chi connectivity index (χ4v) is 3.96. The number of rotatable bonds is 2. The third-order valence-electron chi connectivity index (χ3n) is 5.08. The number of allylic oxidation sites excluding steroid dienone is 1. The van der Waals surface area contributed by atoms with E-state index in [0.29, 0.717) is 19.1 Å². The van der Waals surface area contributed by atoms with Crippen LogP contribution in [0.5, 0.6) is 0 Å². The van der Waals surface area contributed by atoms with E-state index >= 15 is 0 Å². The molecule has 20 heavy (non-hydrogen) atoms. The molecule has 0 spiro atoms. The Labute approximate surface area is 123 Å². The molecule has 0 radical (unpaired) electrons. The summed E-state index contributed by atoms with van der Waals surface area (Å²) in [5.74, 6) is 0.610. The molecule has 1 saturated heterocycles. The Balaban J connectivity index is 2.05. The van der Waals surface area contributed by atoms with Crippen LogP contribution in [0.25, 0.3) is 0 Å². The first kappa shape index (κ1) is 15.6. The van der Waals surface area contributed by atoms with Crippen molar-refractivity contribution in [2.24, 2.45) is 16.7 Å². The number of ether oxygens (including phenoxy) is 1. The zero-order valence-corrected chi connectivity index (χ0v) is 13.4. The molecule has 1 aliphatic carbocycles. The Kier molecular flexibility index (Phi) is 4.58. The molecule has 1 amide bonds. The highest BCUT2D eigenvalue weighted by molar-refractivity contribution is 5.87. The molecule has 0 bridgehead atoms. The Morgan fingerprint density at radius 1 is 1.10 bits per heavy atom. The van der Waals surface area contributed by atoms with Crippen molar-refractivity contribution >= 4 is 5.91 Å². The maximum Gasteiger partial charge on any atom is 0.246 e. The van der Waals surface area contributed by atoms with Crippen molar-refractivity contribution in [1.82, 2.24) is 4.90 Å². The van der Waals surface area contributed by atoms with Gasteiger partial charge in [0.15, 0.2) is 0 Å². The molecular formula is C17H29NO2. The monoisotopic (exact) mass is 279 g/mol. The van der Waals surface area contributed by atoms with E-state index in [9.17, 15) is 4.79 Å². The van der Waals surface area contributed by atoms with E-state index in [4.69, 9.17) is 4.74 Å². The van der Waals surface area contributed by atoms with E-state index < -0.39 is 0 Å². The first-order valence-corrected chi connectivity index (χ1v) is 7.88. The number of hydrogen-bond acceptors (Lipinski definition) is 2. The average Bonchev–Trinajstić information content (AvgIpc) is 2.37. The molecule has 0 unspecified atom stereocenters. The first-order chi connectivity index (χ1) is 9.33. The van der Waals surface area contributed by atoms with Crippen molar-refractivity contribution in [2.45, 2.75) is 47.0 Å². The van der Waals surface area contributed by atoms with Gasteiger partial charge < -0.3 is 9.64 Å². The topological polar surface area (TPSA) is 29.5 Å². The predicted octanol–water partition coefficient (Wildman–Crippen LogP) is 3.25. The van der Waals surface area contributed by atoms with Crippen LogP contribution in [0.3, 0.4) is 0 Å². The Hall–Kier alpha value is -0.830. The minimum atomic E-state index is 0.144. The van der Waals surface area contributed by atoms with Gasteiger partial charge in [0.1, 0.15) is 0 Å². The number of hydrogen-bond donors (Lipinski definition) is 0. The highest BCUT2D eigenvalue weighted by Gasteiger charge is 2.42. The lowest BCUT2D eigenvalue weighted by Gasteiger charge is -2.48. The van der Waals surface area contributed by atoms with E-state index in [2.05, 4.69) is 33.8 Å². The summed E-state index contributed by atoms with van der Waals surface area (Å²) in [7, 11) is 0. The molecule has 1 aliphatic heterocycles. The van der Waals surface area contributed by atoms with Crippen LogP contribution in [0, 0.1) is 16.7 Å². The van der Waals surface area contributed by atoms with Gasteiger partial charge in [-0.15, -0.1) is 0 Å². The van der Waals surface area contributed by atoms with Crippen LogP contribution >= 0.6 is 0 Å². The van der Waals surface area contributed by atoms with Crippen molar-refractivity contribution in [1.29, 1.82) is 0 Å². The minimum absolute atomic E-state index is 0.144. The SMILES string of the molecule is CC1(C)CCCC(C)(C)C1C=CC(=O)N1CCOCC1. The lowest BCUT2D eigenvalue weighted by atomic mass is 9.57. The van der Waals surface area contributed by atoms with Crippen LogP contribution in [-0.4, -0.2) is 37.1 Å². The maximum atomic E-state index is 12.2. The lowest BCUT2D eigenvalue weighted by Crippen LogP contribution is -2.41. The second kappa shape index (κ2) is 5.88. The number of morpholine rings is 1. The van der Waals surface area contributed by atoms with Gasteiger partial charge >= 0.3 is 0 Å². The summed E-state index contributed by atoms with van der Waals surface area (Å²) in [6.45, 7) is 12.1. The van der Waals surface area contributed by atoms with E-state index in [1.807, 2.05) is 11.0 Å². The third kappa shape index (κ3) is 3.43. The summed E-state index contributed by atoms with van der Waals surface area (Å²) < 4.78 is 5.29. The molecule has 2 aliphatic rings. The molecular weight excluding hydrogens is 250 g/mol. The average molecular weight is 279 g/mol. The van der Waals surface area contributed by atoms with Crippen LogP contribution in [0.2, 0.25) is 0 Å². The zero-order chi connectivity index (χ0) is 14.8. The highest BCUT2D eigenvalue weighted by Crippen LogP contribution is 2.51. The zero-order valence-electron chi connectivity index (χ0n) is 13.4. The largest absolute Gasteiger partial charge is 0.378 e. The fourth-order valence-electron chi connectivity index (χ4n) is 3.96. The van der Waals surface area contributed by atoms with Crippen LogP contribution in [-0.2, 0) is 9.53 Å². The smallest absolute Gasteiger partial charge is 0.246 e. The molecule has 2 fully saturated rings. The molecule has 1 saturated carbocycles. The van der Waals surface area contributed by atoms with Crippen molar-refractivity contribution in [3.63, 3.8) is 0 Å². The third-order valence-corrected chi connectivity index (χ3v) is 5.08. The summed E-state index contributed by atoms with van der Waals surface area (Å²) in [6.07, 6.45) is 7.78. The van der Waals surface area contributed by atoms with Gasteiger partial charge in [-0.2, -0.15) is 0 Å². The van der Waals surface area contributed by atoms with Gasteiger partial charge in [-0.1, -0.05) is 40.2 Å². The summed E-state index contributed by atoms with van der Waals surface area (Å²) in [4.78, 5) is 14.1. The number of nitrogens with zero attached hydrogens (tertiary/aromatic N) is 1. The molecule has 114 valence electrons. The van der Waals surface area contributed by atoms with Crippen LogP contribution in [0.4, 0.5) is 0 Å². The standard InChI is InChI=1S/C17H29NO2/c1-16(2)8-5-9-17(3,4)14(16)6-7-15(19)18-10-12-20-13-11-18/h6-7,14H,5,8-13H2,1-4H3. The first-order valence-electron chi connectivity index (χ1n) is 7.88. The highest BCUT2D eigenvalue weighted by atomic mass is 16.5. The summed E-state index contributed by atoms with van der Waals surface area (Å²) in [5, 5.41) is 0. The molecule has 3 heteroatoms. The van der Waals surface area contributed by atoms with Crippen molar-refractivity contribution in [2.75, 3.05) is 26.3 Å². The van der Waals surface area contributed by atoms with Gasteiger partial charge in [-0.05, 0) is 35.7 Å². The van der Waals surface area contributed by atoms with Crippen molar-refractivity contribution in [3.05, 3.63) is 12.2 Å². The van der Waals surface area contributed by atoms with Crippen LogP contribution in [0.15, 0.2) is 12.2 Å². The second-order valence-corrected chi connectivity index (χ2v) is 7.61. The predicted molar refractivity (Wildman–Crippen MR) is 81.4 cm³/mol. The molecule has 0 N–H and O–H groups in total. The summed E-state index contributed by atoms with van der Waals surface area (Å²) in [6, 6.07) is 0. The lowest BCUT2D eigenvalue weighted by molar-refractivity contribution is -0.130. The van der Waals surface area contributed by atoms with Crippen molar-refractivity contribution in [3.8, 4) is 0 Å². The van der Waals surface area contributed by atoms with E-state index in [1.54, 1.807) is 0 Å². The van der Waals surface area contributed by atoms with Crippen molar-refractivity contribution < 1.29 is 9.53 Å². The summed E-state index contributed by atoms with van der Waals surface area (Å²) in [5.41, 5.74) is 0.563. The van der Waals surface area contributed by atoms with E-state index in [1.165, 1.54) is 19.3 Å². The molecule has 0 aromatic carbocycles. The van der Waals surface area contributed by atoms with Crippen LogP contribution in [0.1, 0.15) is 47.0 Å². The molecule has 0 atom stereocenters. The Morgan fingerprint density at radius 3 is 2.20 bits per heavy atom. The molecule has 0 aromatic heterocycles. The van der Waals surface area contributed by atoms with Gasteiger partial charge in [-0.25, -0.2) is 0 Å². The molecule has 1 heterocycles. The number of carbonyl (C=O) groups is 1. The quantitative estimate of drug-likeness (QED) is 0.726. The summed E-state index contributed by atoms with van der Waals surface area (Å²) >= 11 is 0. The Morgan fingerprint density at radius 2 is 1.65 bits per heavy atom. The van der Waals surface area contributed by atoms with Gasteiger partial charge in [-0.3, -0.25) is 4.79 Å². The van der Waals surface area contributed by atoms with Gasteiger partial charge in [0.25, 0.3) is 0 Å². The van der Waals surface area contributed by atoms with Gasteiger partial charge in [0.05, 0.1) is 13.2 Å². The molecule has 2 rings (SSSR count). The fraction of sp³-hybridized carbons (Fsp3) is 0.824. The number of carbonyl (C=O) groups excluding carboxylic acids is 1. The van der Waals surface area contributed by atoms with Gasteiger partial charge in [0.2, 0.25) is 5.91 Å². The number of amides is 1. The molecule has 0 aromatic rings. The van der Waals surface area contributed by atoms with E-state index in [-0.39, 0.29) is 16.7 Å². The van der Waals surface area contributed by atoms with Crippen LogP contribution < -0.4 is 0 Å². The Bertz CT molecular complexity index is 362. The van der Waals surface area contributed by atoms with E-state index in [0.717, 1.165) is 13.1 Å².